The lowest BCUT2D eigenvalue weighted by Gasteiger charge is -2.40. The van der Waals surface area contributed by atoms with Crippen LogP contribution in [0.25, 0.3) is 10.8 Å². The molecule has 4 aromatic rings. The van der Waals surface area contributed by atoms with Gasteiger partial charge in [0, 0.05) is 10.0 Å². The number of rotatable bonds is 10. The van der Waals surface area contributed by atoms with E-state index in [0.29, 0.717) is 22.9 Å². The van der Waals surface area contributed by atoms with Crippen molar-refractivity contribution in [2.75, 3.05) is 13.2 Å². The lowest BCUT2D eigenvalue weighted by Crippen LogP contribution is -2.34. The fourth-order valence-corrected chi connectivity index (χ4v) is 7.47. The summed E-state index contributed by atoms with van der Waals surface area (Å²) in [5.74, 6) is 0. The molecule has 0 heterocycles. The molecule has 0 radical (unpaired) electrons. The summed E-state index contributed by atoms with van der Waals surface area (Å²) in [7, 11) is -3.71. The molecule has 0 saturated heterocycles. The summed E-state index contributed by atoms with van der Waals surface area (Å²) < 4.78 is 27.1. The third-order valence-electron chi connectivity index (χ3n) is 6.23. The van der Waals surface area contributed by atoms with Crippen LogP contribution in [0.4, 0.5) is 0 Å². The van der Waals surface area contributed by atoms with Gasteiger partial charge in [-0.3, -0.25) is 4.57 Å². The lowest BCUT2D eigenvalue weighted by atomic mass is 9.83. The Morgan fingerprint density at radius 1 is 0.686 bits per heavy atom. The third-order valence-corrected chi connectivity index (χ3v) is 9.54. The first-order chi connectivity index (χ1) is 16.9. The minimum atomic E-state index is -3.71. The molecule has 0 saturated carbocycles. The van der Waals surface area contributed by atoms with E-state index in [1.54, 1.807) is 0 Å². The van der Waals surface area contributed by atoms with Crippen molar-refractivity contribution < 1.29 is 13.6 Å². The van der Waals surface area contributed by atoms with Crippen molar-refractivity contribution in [3.63, 3.8) is 0 Å². The molecule has 3 nitrogen and oxygen atoms in total. The minimum Gasteiger partial charge on any atom is -0.308 e. The molecule has 0 unspecified atom stereocenters. The van der Waals surface area contributed by atoms with Crippen LogP contribution >= 0.6 is 30.8 Å². The molecular formula is C29H29Cl2O3P. The van der Waals surface area contributed by atoms with Gasteiger partial charge in [0.25, 0.3) is 0 Å². The van der Waals surface area contributed by atoms with Gasteiger partial charge in [0.15, 0.2) is 0 Å². The molecule has 4 rings (SSSR count). The molecule has 0 bridgehead atoms. The molecule has 0 aliphatic rings. The van der Waals surface area contributed by atoms with Gasteiger partial charge in [-0.05, 0) is 78.4 Å². The van der Waals surface area contributed by atoms with Gasteiger partial charge in [-0.1, -0.05) is 89.9 Å². The second-order valence-electron chi connectivity index (χ2n) is 8.50. The fraction of sp³-hybridized carbons (Fsp3) is 0.241. The van der Waals surface area contributed by atoms with Crippen LogP contribution in [0, 0.1) is 0 Å². The number of hydrogen-bond acceptors (Lipinski definition) is 3. The van der Waals surface area contributed by atoms with Crippen LogP contribution in [-0.4, -0.2) is 13.2 Å². The highest BCUT2D eigenvalue weighted by Crippen LogP contribution is 2.68. The molecular weight excluding hydrogens is 498 g/mol. The summed E-state index contributed by atoms with van der Waals surface area (Å²) >= 11 is 12.4. The Bertz CT molecular complexity index is 1260. The van der Waals surface area contributed by atoms with Gasteiger partial charge >= 0.3 is 7.60 Å². The highest BCUT2D eigenvalue weighted by Gasteiger charge is 2.53. The van der Waals surface area contributed by atoms with Gasteiger partial charge in [-0.15, -0.1) is 0 Å². The number of fused-ring (bicyclic) bond motifs is 1. The van der Waals surface area contributed by atoms with Crippen LogP contribution in [0.3, 0.4) is 0 Å². The van der Waals surface area contributed by atoms with E-state index in [2.05, 4.69) is 24.3 Å². The van der Waals surface area contributed by atoms with Gasteiger partial charge in [0.2, 0.25) is 0 Å². The van der Waals surface area contributed by atoms with Crippen LogP contribution in [0.15, 0.2) is 91.0 Å². The molecule has 0 spiro atoms. The maximum Gasteiger partial charge on any atom is 0.341 e. The largest absolute Gasteiger partial charge is 0.341 e. The molecule has 4 aromatic carbocycles. The molecule has 0 fully saturated rings. The van der Waals surface area contributed by atoms with Gasteiger partial charge < -0.3 is 9.05 Å². The molecule has 0 aromatic heterocycles. The second kappa shape index (κ2) is 11.3. The Hall–Kier alpha value is -2.13. The first-order valence-electron chi connectivity index (χ1n) is 11.8. The normalized spacial score (nSPS) is 12.2. The standard InChI is InChI=1S/C29H29Cl2O3P/c1-3-33-35(32,34-4-2)29(20-22-12-16-25(30)17-13-22,21-23-14-18-26(31)19-15-23)28-11-7-9-24-8-5-6-10-27(24)28/h5-19H,3-4,20-21H2,1-2H3. The maximum absolute atomic E-state index is 14.9. The monoisotopic (exact) mass is 526 g/mol. The summed E-state index contributed by atoms with van der Waals surface area (Å²) in [5, 5.41) is 2.40. The van der Waals surface area contributed by atoms with Crippen LogP contribution in [0.2, 0.25) is 10.0 Å². The predicted octanol–water partition coefficient (Wildman–Crippen LogP) is 9.09. The van der Waals surface area contributed by atoms with Gasteiger partial charge in [-0.25, -0.2) is 0 Å². The maximum atomic E-state index is 14.9. The van der Waals surface area contributed by atoms with Crippen molar-refractivity contribution in [2.24, 2.45) is 0 Å². The smallest absolute Gasteiger partial charge is 0.308 e. The van der Waals surface area contributed by atoms with E-state index < -0.39 is 12.8 Å². The molecule has 0 N–H and O–H groups in total. The zero-order valence-electron chi connectivity index (χ0n) is 19.9. The van der Waals surface area contributed by atoms with Crippen molar-refractivity contribution in [1.29, 1.82) is 0 Å². The van der Waals surface area contributed by atoms with Crippen molar-refractivity contribution in [3.05, 3.63) is 118 Å². The highest BCUT2D eigenvalue weighted by molar-refractivity contribution is 7.55. The van der Waals surface area contributed by atoms with E-state index in [4.69, 9.17) is 32.2 Å². The average Bonchev–Trinajstić information content (AvgIpc) is 2.86. The Morgan fingerprint density at radius 3 is 1.69 bits per heavy atom. The zero-order valence-corrected chi connectivity index (χ0v) is 22.3. The highest BCUT2D eigenvalue weighted by atomic mass is 35.5. The molecule has 0 aliphatic heterocycles. The molecule has 182 valence electrons. The Kier molecular flexibility index (Phi) is 8.37. The summed E-state index contributed by atoms with van der Waals surface area (Å²) in [5.41, 5.74) is 2.93. The fourth-order valence-electron chi connectivity index (χ4n) is 4.73. The summed E-state index contributed by atoms with van der Waals surface area (Å²) in [6.45, 7) is 4.24. The third kappa shape index (κ3) is 5.50. The molecule has 0 amide bonds. The van der Waals surface area contributed by atoms with Crippen LogP contribution in [0.5, 0.6) is 0 Å². The quantitative estimate of drug-likeness (QED) is 0.193. The average molecular weight is 527 g/mol. The van der Waals surface area contributed by atoms with Crippen LogP contribution in [-0.2, 0) is 31.6 Å². The number of benzene rings is 4. The van der Waals surface area contributed by atoms with E-state index in [-0.39, 0.29) is 13.2 Å². The summed E-state index contributed by atoms with van der Waals surface area (Å²) in [4.78, 5) is 0. The van der Waals surface area contributed by atoms with E-state index in [1.165, 1.54) is 0 Å². The minimum absolute atomic E-state index is 0.269. The van der Waals surface area contributed by atoms with Crippen molar-refractivity contribution >= 4 is 41.6 Å². The van der Waals surface area contributed by atoms with Crippen molar-refractivity contribution in [3.8, 4) is 0 Å². The lowest BCUT2D eigenvalue weighted by molar-refractivity contribution is 0.194. The Labute approximate surface area is 217 Å². The first kappa shape index (κ1) is 25.9. The SMILES string of the molecule is CCOP(=O)(OCC)C(Cc1ccc(Cl)cc1)(Cc1ccc(Cl)cc1)c1cccc2ccccc12. The summed E-state index contributed by atoms with van der Waals surface area (Å²) in [6, 6.07) is 29.7. The number of halogens is 2. The van der Waals surface area contributed by atoms with E-state index in [9.17, 15) is 4.57 Å². The van der Waals surface area contributed by atoms with Gasteiger partial charge in [0.05, 0.1) is 13.2 Å². The molecule has 35 heavy (non-hydrogen) atoms. The van der Waals surface area contributed by atoms with Crippen molar-refractivity contribution in [1.82, 2.24) is 0 Å². The van der Waals surface area contributed by atoms with Crippen molar-refractivity contribution in [2.45, 2.75) is 31.8 Å². The van der Waals surface area contributed by atoms with E-state index in [1.807, 2.05) is 80.6 Å². The molecule has 0 aliphatic carbocycles. The second-order valence-corrected chi connectivity index (χ2v) is 11.7. The predicted molar refractivity (Wildman–Crippen MR) is 147 cm³/mol. The van der Waals surface area contributed by atoms with E-state index in [0.717, 1.165) is 27.5 Å². The van der Waals surface area contributed by atoms with E-state index >= 15 is 0 Å². The zero-order chi connectivity index (χ0) is 24.9. The topological polar surface area (TPSA) is 35.5 Å². The number of hydrogen-bond donors (Lipinski definition) is 0. The van der Waals surface area contributed by atoms with Gasteiger partial charge in [-0.2, -0.15) is 0 Å². The summed E-state index contributed by atoms with van der Waals surface area (Å²) in [6.07, 6.45) is 0.885. The van der Waals surface area contributed by atoms with Gasteiger partial charge in [0.1, 0.15) is 5.16 Å². The molecule has 0 atom stereocenters. The van der Waals surface area contributed by atoms with Crippen LogP contribution in [0.1, 0.15) is 30.5 Å². The Balaban J connectivity index is 2.04. The first-order valence-corrected chi connectivity index (χ1v) is 14.1. The molecule has 6 heteroatoms. The van der Waals surface area contributed by atoms with Crippen LogP contribution < -0.4 is 0 Å². The Morgan fingerprint density at radius 2 is 1.17 bits per heavy atom.